The second-order valence-corrected chi connectivity index (χ2v) is 4.70. The van der Waals surface area contributed by atoms with E-state index in [9.17, 15) is 13.2 Å². The van der Waals surface area contributed by atoms with Gasteiger partial charge in [0.15, 0.2) is 5.82 Å². The predicted octanol–water partition coefficient (Wildman–Crippen LogP) is 3.82. The van der Waals surface area contributed by atoms with E-state index in [0.29, 0.717) is 10.2 Å². The highest BCUT2D eigenvalue weighted by Crippen LogP contribution is 2.32. The van der Waals surface area contributed by atoms with Crippen LogP contribution >= 0.6 is 15.9 Å². The minimum absolute atomic E-state index is 0.171. The van der Waals surface area contributed by atoms with Crippen LogP contribution < -0.4 is 5.73 Å². The molecular formula is C12H9BrF3N3. The average Bonchev–Trinajstić information content (AvgIpc) is 2.34. The smallest absolute Gasteiger partial charge is 0.383 e. The maximum absolute atomic E-state index is 12.6. The number of alkyl halides is 3. The van der Waals surface area contributed by atoms with Crippen molar-refractivity contribution in [1.82, 2.24) is 9.97 Å². The summed E-state index contributed by atoms with van der Waals surface area (Å²) in [5.41, 5.74) is 5.76. The Hall–Kier alpha value is -1.63. The van der Waals surface area contributed by atoms with Gasteiger partial charge in [0.2, 0.25) is 0 Å². The quantitative estimate of drug-likeness (QED) is 0.864. The van der Waals surface area contributed by atoms with Crippen LogP contribution in [0.4, 0.5) is 19.0 Å². The lowest BCUT2D eigenvalue weighted by atomic mass is 10.1. The zero-order chi connectivity index (χ0) is 14.2. The van der Waals surface area contributed by atoms with Crippen LogP contribution in [0.25, 0.3) is 11.4 Å². The number of anilines is 1. The molecule has 3 nitrogen and oxygen atoms in total. The third-order valence-corrected chi connectivity index (χ3v) is 3.47. The van der Waals surface area contributed by atoms with Crippen molar-refractivity contribution in [2.75, 3.05) is 5.73 Å². The zero-order valence-electron chi connectivity index (χ0n) is 9.79. The Morgan fingerprint density at radius 1 is 1.21 bits per heavy atom. The standard InChI is InChI=1S/C12H9BrF3N3/c1-6-9(13)10(17)19-11(18-6)7-3-2-4-8(5-7)12(14,15)16/h2-5H,1H3,(H2,17,18,19). The van der Waals surface area contributed by atoms with Gasteiger partial charge in [-0.3, -0.25) is 0 Å². The first kappa shape index (κ1) is 13.8. The summed E-state index contributed by atoms with van der Waals surface area (Å²) in [5, 5.41) is 0. The Bertz CT molecular complexity index is 603. The molecule has 2 aromatic rings. The van der Waals surface area contributed by atoms with E-state index in [4.69, 9.17) is 5.73 Å². The Balaban J connectivity index is 2.54. The summed E-state index contributed by atoms with van der Waals surface area (Å²) in [7, 11) is 0. The lowest BCUT2D eigenvalue weighted by Crippen LogP contribution is -2.05. The molecule has 1 aromatic carbocycles. The molecule has 7 heteroatoms. The summed E-state index contributed by atoms with van der Waals surface area (Å²) >= 11 is 3.20. The van der Waals surface area contributed by atoms with Crippen molar-refractivity contribution in [3.05, 3.63) is 40.0 Å². The number of aryl methyl sites for hydroxylation is 1. The number of halogens is 4. The third kappa shape index (κ3) is 2.86. The summed E-state index contributed by atoms with van der Waals surface area (Å²) in [6.45, 7) is 1.69. The lowest BCUT2D eigenvalue weighted by Gasteiger charge is -2.09. The highest BCUT2D eigenvalue weighted by atomic mass is 79.9. The lowest BCUT2D eigenvalue weighted by molar-refractivity contribution is -0.137. The van der Waals surface area contributed by atoms with E-state index in [0.717, 1.165) is 12.1 Å². The van der Waals surface area contributed by atoms with Gasteiger partial charge in [0.1, 0.15) is 5.82 Å². The molecule has 19 heavy (non-hydrogen) atoms. The Kier molecular flexibility index (Phi) is 3.49. The first-order valence-corrected chi connectivity index (χ1v) is 6.05. The van der Waals surface area contributed by atoms with Gasteiger partial charge in [0, 0.05) is 5.56 Å². The van der Waals surface area contributed by atoms with Gasteiger partial charge >= 0.3 is 6.18 Å². The molecule has 0 atom stereocenters. The van der Waals surface area contributed by atoms with E-state index >= 15 is 0 Å². The van der Waals surface area contributed by atoms with E-state index < -0.39 is 11.7 Å². The fourth-order valence-electron chi connectivity index (χ4n) is 1.55. The van der Waals surface area contributed by atoms with Crippen molar-refractivity contribution in [3.8, 4) is 11.4 Å². The van der Waals surface area contributed by atoms with Crippen LogP contribution in [0.3, 0.4) is 0 Å². The van der Waals surface area contributed by atoms with Crippen LogP contribution in [0, 0.1) is 6.92 Å². The molecule has 2 N–H and O–H groups in total. The van der Waals surface area contributed by atoms with Crippen molar-refractivity contribution < 1.29 is 13.2 Å². The molecule has 0 spiro atoms. The fourth-order valence-corrected chi connectivity index (χ4v) is 1.72. The molecule has 0 bridgehead atoms. The Morgan fingerprint density at radius 2 is 1.89 bits per heavy atom. The van der Waals surface area contributed by atoms with Crippen LogP contribution in [-0.4, -0.2) is 9.97 Å². The summed E-state index contributed by atoms with van der Waals surface area (Å²) in [4.78, 5) is 8.10. The monoisotopic (exact) mass is 331 g/mol. The number of aromatic nitrogens is 2. The van der Waals surface area contributed by atoms with Gasteiger partial charge in [-0.1, -0.05) is 12.1 Å². The molecule has 1 heterocycles. The SMILES string of the molecule is Cc1nc(-c2cccc(C(F)(F)F)c2)nc(N)c1Br. The molecular weight excluding hydrogens is 323 g/mol. The Morgan fingerprint density at radius 3 is 2.47 bits per heavy atom. The van der Waals surface area contributed by atoms with Gasteiger partial charge in [-0.25, -0.2) is 9.97 Å². The van der Waals surface area contributed by atoms with Gasteiger partial charge < -0.3 is 5.73 Å². The van der Waals surface area contributed by atoms with Crippen LogP contribution in [0.2, 0.25) is 0 Å². The number of nitrogen functional groups attached to an aromatic ring is 1. The van der Waals surface area contributed by atoms with E-state index in [1.54, 1.807) is 6.92 Å². The van der Waals surface area contributed by atoms with Crippen molar-refractivity contribution in [3.63, 3.8) is 0 Å². The third-order valence-electron chi connectivity index (χ3n) is 2.49. The second kappa shape index (κ2) is 4.80. The van der Waals surface area contributed by atoms with Crippen LogP contribution in [-0.2, 0) is 6.18 Å². The topological polar surface area (TPSA) is 51.8 Å². The van der Waals surface area contributed by atoms with Crippen molar-refractivity contribution in [2.24, 2.45) is 0 Å². The second-order valence-electron chi connectivity index (χ2n) is 3.91. The normalized spacial score (nSPS) is 11.6. The zero-order valence-corrected chi connectivity index (χ0v) is 11.4. The largest absolute Gasteiger partial charge is 0.416 e. The number of rotatable bonds is 1. The summed E-state index contributed by atoms with van der Waals surface area (Å²) in [6.07, 6.45) is -4.40. The van der Waals surface area contributed by atoms with Crippen LogP contribution in [0.15, 0.2) is 28.7 Å². The van der Waals surface area contributed by atoms with Crippen molar-refractivity contribution in [2.45, 2.75) is 13.1 Å². The maximum Gasteiger partial charge on any atom is 0.416 e. The van der Waals surface area contributed by atoms with Gasteiger partial charge in [0.25, 0.3) is 0 Å². The first-order chi connectivity index (χ1) is 8.79. The molecule has 0 aliphatic heterocycles. The molecule has 0 aliphatic carbocycles. The molecule has 0 unspecified atom stereocenters. The molecule has 100 valence electrons. The summed E-state index contributed by atoms with van der Waals surface area (Å²) < 4.78 is 38.4. The predicted molar refractivity (Wildman–Crippen MR) is 69.3 cm³/mol. The van der Waals surface area contributed by atoms with E-state index in [1.807, 2.05) is 0 Å². The summed E-state index contributed by atoms with van der Waals surface area (Å²) in [5.74, 6) is 0.365. The van der Waals surface area contributed by atoms with Gasteiger partial charge in [0.05, 0.1) is 15.7 Å². The van der Waals surface area contributed by atoms with Crippen LogP contribution in [0.1, 0.15) is 11.3 Å². The highest BCUT2D eigenvalue weighted by Gasteiger charge is 2.30. The Labute approximate surface area is 115 Å². The maximum atomic E-state index is 12.6. The minimum Gasteiger partial charge on any atom is -0.383 e. The highest BCUT2D eigenvalue weighted by molar-refractivity contribution is 9.10. The molecule has 0 radical (unpaired) electrons. The minimum atomic E-state index is -4.40. The summed E-state index contributed by atoms with van der Waals surface area (Å²) in [6, 6.07) is 4.83. The molecule has 0 amide bonds. The number of nitrogens with two attached hydrogens (primary N) is 1. The van der Waals surface area contributed by atoms with Gasteiger partial charge in [-0.2, -0.15) is 13.2 Å². The van der Waals surface area contributed by atoms with E-state index in [-0.39, 0.29) is 17.2 Å². The number of benzene rings is 1. The average molecular weight is 332 g/mol. The number of hydrogen-bond donors (Lipinski definition) is 1. The molecule has 0 aliphatic rings. The first-order valence-electron chi connectivity index (χ1n) is 5.26. The number of hydrogen-bond acceptors (Lipinski definition) is 3. The molecule has 0 saturated heterocycles. The van der Waals surface area contributed by atoms with E-state index in [2.05, 4.69) is 25.9 Å². The van der Waals surface area contributed by atoms with E-state index in [1.165, 1.54) is 12.1 Å². The van der Waals surface area contributed by atoms with Crippen LogP contribution in [0.5, 0.6) is 0 Å². The van der Waals surface area contributed by atoms with Gasteiger partial charge in [-0.05, 0) is 35.0 Å². The molecule has 2 rings (SSSR count). The molecule has 0 fully saturated rings. The molecule has 0 saturated carbocycles. The van der Waals surface area contributed by atoms with Gasteiger partial charge in [-0.15, -0.1) is 0 Å². The van der Waals surface area contributed by atoms with Crippen molar-refractivity contribution >= 4 is 21.7 Å². The molecule has 1 aromatic heterocycles. The van der Waals surface area contributed by atoms with Crippen molar-refractivity contribution in [1.29, 1.82) is 0 Å². The number of nitrogens with zero attached hydrogens (tertiary/aromatic N) is 2. The fraction of sp³-hybridized carbons (Fsp3) is 0.167.